The van der Waals surface area contributed by atoms with Crippen molar-refractivity contribution in [1.82, 2.24) is 19.2 Å². The van der Waals surface area contributed by atoms with Crippen LogP contribution in [0, 0.1) is 0 Å². The number of halogens is 1. The van der Waals surface area contributed by atoms with Gasteiger partial charge in [-0.25, -0.2) is 4.98 Å². The Morgan fingerprint density at radius 2 is 2.10 bits per heavy atom. The molecule has 1 atom stereocenters. The molecule has 0 aliphatic carbocycles. The number of imidazole rings is 1. The molecule has 0 aromatic carbocycles. The van der Waals surface area contributed by atoms with Crippen LogP contribution in [0.5, 0.6) is 0 Å². The highest BCUT2D eigenvalue weighted by Crippen LogP contribution is 2.29. The summed E-state index contributed by atoms with van der Waals surface area (Å²) in [5.74, 6) is 0. The van der Waals surface area contributed by atoms with Gasteiger partial charge in [-0.15, -0.1) is 0 Å². The summed E-state index contributed by atoms with van der Waals surface area (Å²) in [7, 11) is 0. The fourth-order valence-corrected chi connectivity index (χ4v) is 2.48. The zero-order valence-corrected chi connectivity index (χ0v) is 12.0. The third-order valence-electron chi connectivity index (χ3n) is 3.20. The van der Waals surface area contributed by atoms with Crippen molar-refractivity contribution >= 4 is 17.2 Å². The Bertz CT molecular complexity index is 714. The largest absolute Gasteiger partial charge is 0.380 e. The Morgan fingerprint density at radius 1 is 1.30 bits per heavy atom. The molecule has 0 aliphatic rings. The number of hydrogen-bond donors (Lipinski definition) is 1. The first-order valence-electron chi connectivity index (χ1n) is 6.42. The van der Waals surface area contributed by atoms with Gasteiger partial charge in [0.1, 0.15) is 11.8 Å². The van der Waals surface area contributed by atoms with Gasteiger partial charge >= 0.3 is 0 Å². The summed E-state index contributed by atoms with van der Waals surface area (Å²) in [6.07, 6.45) is 4.34. The van der Waals surface area contributed by atoms with Crippen LogP contribution < -0.4 is 0 Å². The monoisotopic (exact) mass is 290 g/mol. The molecule has 0 fully saturated rings. The van der Waals surface area contributed by atoms with Gasteiger partial charge in [-0.1, -0.05) is 17.7 Å². The number of aliphatic hydroxyl groups excluding tert-OH is 1. The number of pyridine rings is 1. The van der Waals surface area contributed by atoms with Crippen molar-refractivity contribution in [2.24, 2.45) is 0 Å². The van der Waals surface area contributed by atoms with Crippen LogP contribution in [0.25, 0.3) is 5.65 Å². The van der Waals surface area contributed by atoms with Crippen LogP contribution in [0.1, 0.15) is 37.4 Å². The minimum absolute atomic E-state index is 0.115. The Hall–Kier alpha value is -1.85. The fourth-order valence-electron chi connectivity index (χ4n) is 2.24. The van der Waals surface area contributed by atoms with E-state index in [1.165, 1.54) is 0 Å². The van der Waals surface area contributed by atoms with Crippen LogP contribution in [-0.4, -0.2) is 24.3 Å². The number of rotatable bonds is 3. The fraction of sp³-hybridized carbons (Fsp3) is 0.286. The van der Waals surface area contributed by atoms with E-state index in [9.17, 15) is 5.11 Å². The van der Waals surface area contributed by atoms with Gasteiger partial charge in [0.05, 0.1) is 22.6 Å². The van der Waals surface area contributed by atoms with Crippen LogP contribution in [0.15, 0.2) is 36.8 Å². The summed E-state index contributed by atoms with van der Waals surface area (Å²) in [5, 5.41) is 15.2. The Labute approximate surface area is 121 Å². The maximum absolute atomic E-state index is 10.6. The van der Waals surface area contributed by atoms with Gasteiger partial charge in [0.25, 0.3) is 0 Å². The predicted molar refractivity (Wildman–Crippen MR) is 76.9 cm³/mol. The van der Waals surface area contributed by atoms with Crippen molar-refractivity contribution in [3.8, 4) is 0 Å². The molecule has 0 aliphatic heterocycles. The normalized spacial score (nSPS) is 13.2. The van der Waals surface area contributed by atoms with Gasteiger partial charge in [0, 0.05) is 18.4 Å². The molecule has 0 radical (unpaired) electrons. The first-order chi connectivity index (χ1) is 9.58. The molecule has 0 saturated carbocycles. The van der Waals surface area contributed by atoms with E-state index < -0.39 is 6.10 Å². The summed E-state index contributed by atoms with van der Waals surface area (Å²) in [6, 6.07) is 5.82. The molecule has 3 aromatic rings. The number of aliphatic hydroxyl groups is 1. The Balaban J connectivity index is 2.08. The molecule has 20 heavy (non-hydrogen) atoms. The summed E-state index contributed by atoms with van der Waals surface area (Å²) in [6.45, 7) is 3.98. The second kappa shape index (κ2) is 4.92. The summed E-state index contributed by atoms with van der Waals surface area (Å²) in [4.78, 5) is 4.42. The lowest BCUT2D eigenvalue weighted by Gasteiger charge is -2.14. The van der Waals surface area contributed by atoms with Crippen LogP contribution in [-0.2, 0) is 0 Å². The van der Waals surface area contributed by atoms with Crippen LogP contribution in [0.3, 0.4) is 0 Å². The van der Waals surface area contributed by atoms with E-state index in [4.69, 9.17) is 11.6 Å². The summed E-state index contributed by atoms with van der Waals surface area (Å²) < 4.78 is 3.58. The zero-order valence-electron chi connectivity index (χ0n) is 11.2. The molecule has 1 unspecified atom stereocenters. The van der Waals surface area contributed by atoms with E-state index in [2.05, 4.69) is 10.1 Å². The topological polar surface area (TPSA) is 55.3 Å². The minimum atomic E-state index is -0.896. The second-order valence-electron chi connectivity index (χ2n) is 4.95. The lowest BCUT2D eigenvalue weighted by atomic mass is 10.2. The summed E-state index contributed by atoms with van der Waals surface area (Å²) in [5.41, 5.74) is 1.92. The van der Waals surface area contributed by atoms with E-state index in [0.717, 1.165) is 5.65 Å². The lowest BCUT2D eigenvalue weighted by molar-refractivity contribution is 0.201. The molecule has 3 aromatic heterocycles. The van der Waals surface area contributed by atoms with Gasteiger partial charge < -0.3 is 9.51 Å². The van der Waals surface area contributed by atoms with E-state index >= 15 is 0 Å². The standard InChI is InChI=1S/C14H15ClN4O/c1-9(2)19-13(10(15)7-16-19)14(20)11-8-18-6-4-3-5-12(18)17-11/h3-9,14,20H,1-2H3. The quantitative estimate of drug-likeness (QED) is 0.807. The molecule has 104 valence electrons. The highest BCUT2D eigenvalue weighted by molar-refractivity contribution is 6.31. The molecule has 5 nitrogen and oxygen atoms in total. The average Bonchev–Trinajstić information content (AvgIpc) is 3.01. The first kappa shape index (κ1) is 13.1. The van der Waals surface area contributed by atoms with E-state index in [1.54, 1.807) is 17.1 Å². The van der Waals surface area contributed by atoms with E-state index in [-0.39, 0.29) is 6.04 Å². The number of fused-ring (bicyclic) bond motifs is 1. The molecule has 3 heterocycles. The molecule has 3 rings (SSSR count). The van der Waals surface area contributed by atoms with Crippen molar-refractivity contribution in [2.75, 3.05) is 0 Å². The molecule has 0 spiro atoms. The molecule has 0 saturated heterocycles. The predicted octanol–water partition coefficient (Wildman–Crippen LogP) is 2.85. The minimum Gasteiger partial charge on any atom is -0.380 e. The Morgan fingerprint density at radius 3 is 2.80 bits per heavy atom. The van der Waals surface area contributed by atoms with Crippen molar-refractivity contribution < 1.29 is 5.11 Å². The zero-order chi connectivity index (χ0) is 14.3. The van der Waals surface area contributed by atoms with Gasteiger partial charge in [-0.05, 0) is 26.0 Å². The number of hydrogen-bond acceptors (Lipinski definition) is 3. The number of nitrogens with zero attached hydrogens (tertiary/aromatic N) is 4. The molecule has 1 N–H and O–H groups in total. The molecular weight excluding hydrogens is 276 g/mol. The second-order valence-corrected chi connectivity index (χ2v) is 5.36. The van der Waals surface area contributed by atoms with Gasteiger partial charge in [-0.2, -0.15) is 5.10 Å². The van der Waals surface area contributed by atoms with Crippen molar-refractivity contribution in [3.05, 3.63) is 53.2 Å². The van der Waals surface area contributed by atoms with Gasteiger partial charge in [0.2, 0.25) is 0 Å². The SMILES string of the molecule is CC(C)n1ncc(Cl)c1C(O)c1cn2ccccc2n1. The molecule has 0 bridgehead atoms. The van der Waals surface area contributed by atoms with E-state index in [0.29, 0.717) is 16.4 Å². The maximum Gasteiger partial charge on any atom is 0.141 e. The smallest absolute Gasteiger partial charge is 0.141 e. The average molecular weight is 291 g/mol. The lowest BCUT2D eigenvalue weighted by Crippen LogP contribution is -2.12. The van der Waals surface area contributed by atoms with E-state index in [1.807, 2.05) is 42.6 Å². The van der Waals surface area contributed by atoms with Gasteiger partial charge in [0.15, 0.2) is 0 Å². The molecular formula is C14H15ClN4O. The summed E-state index contributed by atoms with van der Waals surface area (Å²) >= 11 is 6.15. The molecule has 6 heteroatoms. The highest BCUT2D eigenvalue weighted by atomic mass is 35.5. The van der Waals surface area contributed by atoms with Crippen molar-refractivity contribution in [3.63, 3.8) is 0 Å². The van der Waals surface area contributed by atoms with Crippen LogP contribution in [0.4, 0.5) is 0 Å². The Kier molecular flexibility index (Phi) is 3.23. The first-order valence-corrected chi connectivity index (χ1v) is 6.80. The van der Waals surface area contributed by atoms with Crippen LogP contribution >= 0.6 is 11.6 Å². The van der Waals surface area contributed by atoms with Crippen molar-refractivity contribution in [2.45, 2.75) is 26.0 Å². The highest BCUT2D eigenvalue weighted by Gasteiger charge is 2.23. The van der Waals surface area contributed by atoms with Crippen LogP contribution in [0.2, 0.25) is 5.02 Å². The number of aromatic nitrogens is 4. The third kappa shape index (κ3) is 2.09. The maximum atomic E-state index is 10.6. The molecule has 0 amide bonds. The third-order valence-corrected chi connectivity index (χ3v) is 3.49. The van der Waals surface area contributed by atoms with Gasteiger partial charge in [-0.3, -0.25) is 4.68 Å². The van der Waals surface area contributed by atoms with Crippen molar-refractivity contribution in [1.29, 1.82) is 0 Å².